The highest BCUT2D eigenvalue weighted by Gasteiger charge is 2.11. The molecule has 0 bridgehead atoms. The van der Waals surface area contributed by atoms with Gasteiger partial charge >= 0.3 is 0 Å². The van der Waals surface area contributed by atoms with Crippen molar-refractivity contribution in [3.8, 4) is 5.75 Å². The van der Waals surface area contributed by atoms with E-state index in [1.807, 2.05) is 0 Å². The molecule has 0 unspecified atom stereocenters. The number of carbonyl (C=O) groups is 1. The summed E-state index contributed by atoms with van der Waals surface area (Å²) in [5.41, 5.74) is 7.27. The average molecular weight is 403 g/mol. The minimum absolute atomic E-state index is 0.258. The lowest BCUT2D eigenvalue weighted by atomic mass is 10.2. The van der Waals surface area contributed by atoms with Gasteiger partial charge in [-0.1, -0.05) is 11.6 Å². The van der Waals surface area contributed by atoms with E-state index in [4.69, 9.17) is 22.1 Å². The van der Waals surface area contributed by atoms with Crippen LogP contribution < -0.4 is 15.8 Å². The van der Waals surface area contributed by atoms with Gasteiger partial charge < -0.3 is 15.8 Å². The van der Waals surface area contributed by atoms with Gasteiger partial charge in [-0.25, -0.2) is 0 Å². The number of amides is 1. The van der Waals surface area contributed by atoms with Crippen LogP contribution >= 0.6 is 34.2 Å². The Labute approximate surface area is 135 Å². The summed E-state index contributed by atoms with van der Waals surface area (Å²) >= 11 is 8.12. The second-order valence-corrected chi connectivity index (χ2v) is 5.61. The van der Waals surface area contributed by atoms with Crippen molar-refractivity contribution >= 4 is 51.5 Å². The molecule has 0 atom stereocenters. The van der Waals surface area contributed by atoms with Gasteiger partial charge in [0.05, 0.1) is 17.8 Å². The van der Waals surface area contributed by atoms with Crippen LogP contribution in [0, 0.1) is 3.57 Å². The Morgan fingerprint density at radius 2 is 2.05 bits per heavy atom. The maximum absolute atomic E-state index is 12.2. The van der Waals surface area contributed by atoms with Crippen LogP contribution in [-0.2, 0) is 0 Å². The van der Waals surface area contributed by atoms with Crippen LogP contribution in [0.1, 0.15) is 10.4 Å². The van der Waals surface area contributed by atoms with E-state index in [9.17, 15) is 4.79 Å². The molecular formula is C14H12ClIN2O2. The van der Waals surface area contributed by atoms with Crippen molar-refractivity contribution in [2.45, 2.75) is 0 Å². The molecule has 104 valence electrons. The summed E-state index contributed by atoms with van der Waals surface area (Å²) in [7, 11) is 1.52. The summed E-state index contributed by atoms with van der Waals surface area (Å²) < 4.78 is 6.08. The predicted octanol–water partition coefficient (Wildman–Crippen LogP) is 3.79. The van der Waals surface area contributed by atoms with E-state index in [-0.39, 0.29) is 5.91 Å². The molecule has 0 aliphatic heterocycles. The summed E-state index contributed by atoms with van der Waals surface area (Å²) in [5, 5.41) is 3.32. The van der Waals surface area contributed by atoms with E-state index >= 15 is 0 Å². The van der Waals surface area contributed by atoms with Crippen molar-refractivity contribution in [1.82, 2.24) is 0 Å². The first-order chi connectivity index (χ1) is 9.51. The van der Waals surface area contributed by atoms with Gasteiger partial charge in [0.15, 0.2) is 0 Å². The monoisotopic (exact) mass is 402 g/mol. The van der Waals surface area contributed by atoms with E-state index in [0.29, 0.717) is 27.7 Å². The summed E-state index contributed by atoms with van der Waals surface area (Å²) in [4.78, 5) is 12.2. The third-order valence-electron chi connectivity index (χ3n) is 2.66. The lowest BCUT2D eigenvalue weighted by Crippen LogP contribution is -2.12. The van der Waals surface area contributed by atoms with E-state index in [0.717, 1.165) is 3.57 Å². The maximum atomic E-state index is 12.2. The van der Waals surface area contributed by atoms with E-state index in [1.54, 1.807) is 36.4 Å². The third kappa shape index (κ3) is 3.34. The Morgan fingerprint density at radius 1 is 1.30 bits per heavy atom. The molecule has 2 aromatic rings. The highest BCUT2D eigenvalue weighted by atomic mass is 127. The van der Waals surface area contributed by atoms with Gasteiger partial charge in [0.2, 0.25) is 0 Å². The first-order valence-electron chi connectivity index (χ1n) is 5.71. The van der Waals surface area contributed by atoms with Gasteiger partial charge in [0, 0.05) is 20.9 Å². The van der Waals surface area contributed by atoms with Crippen LogP contribution in [0.25, 0.3) is 0 Å². The number of nitrogen functional groups attached to an aromatic ring is 1. The Hall–Kier alpha value is -1.47. The standard InChI is InChI=1S/C14H12ClIN2O2/c1-20-13-7-9(17)3-5-12(13)18-14(19)8-2-4-11(16)10(15)6-8/h2-7H,17H2,1H3,(H,18,19). The topological polar surface area (TPSA) is 64.3 Å². The molecule has 0 aliphatic rings. The van der Waals surface area contributed by atoms with Crippen LogP contribution in [0.3, 0.4) is 0 Å². The molecule has 2 rings (SSSR count). The van der Waals surface area contributed by atoms with Crippen molar-refractivity contribution in [2.24, 2.45) is 0 Å². The number of nitrogens with two attached hydrogens (primary N) is 1. The van der Waals surface area contributed by atoms with Gasteiger partial charge in [0.1, 0.15) is 5.75 Å². The fourth-order valence-electron chi connectivity index (χ4n) is 1.64. The molecule has 6 heteroatoms. The SMILES string of the molecule is COc1cc(N)ccc1NC(=O)c1ccc(I)c(Cl)c1. The van der Waals surface area contributed by atoms with E-state index in [2.05, 4.69) is 27.9 Å². The third-order valence-corrected chi connectivity index (χ3v) is 4.23. The number of anilines is 2. The number of nitrogens with one attached hydrogen (secondary N) is 1. The number of ether oxygens (including phenoxy) is 1. The summed E-state index contributed by atoms with van der Waals surface area (Å²) in [6.45, 7) is 0. The Bertz CT molecular complexity index is 662. The van der Waals surface area contributed by atoms with Gasteiger partial charge in [-0.3, -0.25) is 4.79 Å². The van der Waals surface area contributed by atoms with Crippen molar-refractivity contribution in [3.63, 3.8) is 0 Å². The normalized spacial score (nSPS) is 10.2. The number of halogens is 2. The lowest BCUT2D eigenvalue weighted by molar-refractivity contribution is 0.102. The summed E-state index contributed by atoms with van der Waals surface area (Å²) in [6, 6.07) is 10.2. The minimum atomic E-state index is -0.258. The Morgan fingerprint density at radius 3 is 2.70 bits per heavy atom. The second kappa shape index (κ2) is 6.32. The molecule has 0 saturated carbocycles. The molecular weight excluding hydrogens is 391 g/mol. The number of rotatable bonds is 3. The van der Waals surface area contributed by atoms with Gasteiger partial charge in [-0.05, 0) is 52.9 Å². The molecule has 2 aromatic carbocycles. The van der Waals surface area contributed by atoms with Crippen molar-refractivity contribution in [3.05, 3.63) is 50.6 Å². The van der Waals surface area contributed by atoms with Gasteiger partial charge in [0.25, 0.3) is 5.91 Å². The van der Waals surface area contributed by atoms with Gasteiger partial charge in [-0.15, -0.1) is 0 Å². The zero-order chi connectivity index (χ0) is 14.7. The van der Waals surface area contributed by atoms with Crippen molar-refractivity contribution in [2.75, 3.05) is 18.2 Å². The maximum Gasteiger partial charge on any atom is 0.255 e. The van der Waals surface area contributed by atoms with E-state index in [1.165, 1.54) is 7.11 Å². The molecule has 4 nitrogen and oxygen atoms in total. The molecule has 0 saturated heterocycles. The van der Waals surface area contributed by atoms with Crippen LogP contribution in [-0.4, -0.2) is 13.0 Å². The highest BCUT2D eigenvalue weighted by Crippen LogP contribution is 2.27. The first kappa shape index (κ1) is 14.9. The molecule has 0 spiro atoms. The van der Waals surface area contributed by atoms with Crippen LogP contribution in [0.4, 0.5) is 11.4 Å². The Kier molecular flexibility index (Phi) is 4.72. The van der Waals surface area contributed by atoms with Crippen LogP contribution in [0.5, 0.6) is 5.75 Å². The second-order valence-electron chi connectivity index (χ2n) is 4.04. The van der Waals surface area contributed by atoms with Crippen molar-refractivity contribution < 1.29 is 9.53 Å². The summed E-state index contributed by atoms with van der Waals surface area (Å²) in [5.74, 6) is 0.251. The Balaban J connectivity index is 2.25. The van der Waals surface area contributed by atoms with Gasteiger partial charge in [-0.2, -0.15) is 0 Å². The molecule has 0 fully saturated rings. The fourth-order valence-corrected chi connectivity index (χ4v) is 2.16. The number of carbonyl (C=O) groups excluding carboxylic acids is 1. The smallest absolute Gasteiger partial charge is 0.255 e. The summed E-state index contributed by atoms with van der Waals surface area (Å²) in [6.07, 6.45) is 0. The van der Waals surface area contributed by atoms with Crippen molar-refractivity contribution in [1.29, 1.82) is 0 Å². The molecule has 0 heterocycles. The zero-order valence-corrected chi connectivity index (χ0v) is 13.5. The molecule has 3 N–H and O–H groups in total. The fraction of sp³-hybridized carbons (Fsp3) is 0.0714. The number of benzene rings is 2. The zero-order valence-electron chi connectivity index (χ0n) is 10.6. The number of methoxy groups -OCH3 is 1. The average Bonchev–Trinajstić information content (AvgIpc) is 2.43. The minimum Gasteiger partial charge on any atom is -0.494 e. The lowest BCUT2D eigenvalue weighted by Gasteiger charge is -2.11. The highest BCUT2D eigenvalue weighted by molar-refractivity contribution is 14.1. The van der Waals surface area contributed by atoms with E-state index < -0.39 is 0 Å². The molecule has 0 aromatic heterocycles. The molecule has 0 radical (unpaired) electrons. The molecule has 1 amide bonds. The molecule has 0 aliphatic carbocycles. The number of hydrogen-bond acceptors (Lipinski definition) is 3. The molecule has 20 heavy (non-hydrogen) atoms. The van der Waals surface area contributed by atoms with Crippen LogP contribution in [0.15, 0.2) is 36.4 Å². The quantitative estimate of drug-likeness (QED) is 0.606. The van der Waals surface area contributed by atoms with Crippen LogP contribution in [0.2, 0.25) is 5.02 Å². The largest absolute Gasteiger partial charge is 0.494 e. The predicted molar refractivity (Wildman–Crippen MR) is 89.5 cm³/mol. The number of hydrogen-bond donors (Lipinski definition) is 2. The first-order valence-corrected chi connectivity index (χ1v) is 7.17.